The second kappa shape index (κ2) is 27.9. The number of nitrogens with two attached hydrogens (primary N) is 3. The molecule has 2 aliphatic heterocycles. The molecule has 66 heavy (non-hydrogen) atoms. The van der Waals surface area contributed by atoms with E-state index in [1.807, 2.05) is 0 Å². The molecule has 10 amide bonds. The number of unbranched alkanes of at least 4 members (excludes halogenated alkanes) is 8. The summed E-state index contributed by atoms with van der Waals surface area (Å²) in [5.74, 6) is -9.39. The highest BCUT2D eigenvalue weighted by molar-refractivity contribution is 5.99. The van der Waals surface area contributed by atoms with Crippen LogP contribution in [-0.2, 0) is 54.4 Å². The van der Waals surface area contributed by atoms with Crippen molar-refractivity contribution in [1.29, 1.82) is 0 Å². The van der Waals surface area contributed by atoms with Crippen LogP contribution in [0.4, 0.5) is 0 Å². The summed E-state index contributed by atoms with van der Waals surface area (Å²) in [5, 5.41) is 35.2. The molecule has 7 atom stereocenters. The fourth-order valence-corrected chi connectivity index (χ4v) is 7.94. The molecule has 3 rings (SSSR count). The number of primary amides is 3. The third-order valence-corrected chi connectivity index (χ3v) is 11.5. The number of hydrogen-bond donors (Lipinski definition) is 11. The van der Waals surface area contributed by atoms with E-state index in [1.54, 1.807) is 12.1 Å². The number of rotatable bonds is 20. The normalized spacial score (nSPS) is 24.0. The molecule has 7 unspecified atom stereocenters. The number of hydrogen-bond acceptors (Lipinski definition) is 12. The SMILES string of the molecule is CCCCCCCCCCCC1NC(=O)C(CO)NC(=O)C(CC(N)=O)NC(=O)C2CCCN2C(=O)C(CCC(N)=O)NC(=O)C(CC(N)=O)NC(=O)CC(Cc2ccc(O)cc2)NC1=O. The molecule has 1 aromatic carbocycles. The average molecular weight is 929 g/mol. The van der Waals surface area contributed by atoms with Gasteiger partial charge in [-0.1, -0.05) is 76.8 Å². The molecule has 2 fully saturated rings. The molecule has 0 spiro atoms. The molecule has 2 saturated heterocycles. The Hall–Kier alpha value is -6.32. The van der Waals surface area contributed by atoms with Crippen molar-refractivity contribution in [1.82, 2.24) is 36.8 Å². The number of carbonyl (C=O) groups is 10. The van der Waals surface area contributed by atoms with E-state index < -0.39 is 134 Å². The first-order chi connectivity index (χ1) is 31.4. The summed E-state index contributed by atoms with van der Waals surface area (Å²) in [6.07, 6.45) is 6.26. The average Bonchev–Trinajstić information content (AvgIpc) is 3.75. The van der Waals surface area contributed by atoms with E-state index in [9.17, 15) is 58.2 Å². The van der Waals surface area contributed by atoms with E-state index in [0.717, 1.165) is 49.8 Å². The predicted molar refractivity (Wildman–Crippen MR) is 238 cm³/mol. The Bertz CT molecular complexity index is 1860. The molecule has 2 aliphatic rings. The Labute approximate surface area is 384 Å². The summed E-state index contributed by atoms with van der Waals surface area (Å²) < 4.78 is 0. The van der Waals surface area contributed by atoms with E-state index in [0.29, 0.717) is 18.4 Å². The van der Waals surface area contributed by atoms with Crippen LogP contribution in [0, 0.1) is 0 Å². The highest BCUT2D eigenvalue weighted by Crippen LogP contribution is 2.21. The second-order valence-corrected chi connectivity index (χ2v) is 17.0. The van der Waals surface area contributed by atoms with Gasteiger partial charge in [-0.05, 0) is 49.8 Å². The van der Waals surface area contributed by atoms with Crippen molar-refractivity contribution in [2.45, 2.75) is 165 Å². The van der Waals surface area contributed by atoms with E-state index in [2.05, 4.69) is 38.8 Å². The number of carbonyl (C=O) groups excluding carboxylic acids is 10. The van der Waals surface area contributed by atoms with Gasteiger partial charge in [0.15, 0.2) is 0 Å². The lowest BCUT2D eigenvalue weighted by Crippen LogP contribution is -2.61. The van der Waals surface area contributed by atoms with E-state index >= 15 is 0 Å². The summed E-state index contributed by atoms with van der Waals surface area (Å²) in [5.41, 5.74) is 16.8. The minimum Gasteiger partial charge on any atom is -0.508 e. The van der Waals surface area contributed by atoms with Crippen LogP contribution >= 0.6 is 0 Å². The number of phenols is 1. The molecule has 2 heterocycles. The number of fused-ring (bicyclic) bond motifs is 1. The van der Waals surface area contributed by atoms with Gasteiger partial charge in [-0.3, -0.25) is 47.9 Å². The zero-order valence-electron chi connectivity index (χ0n) is 37.6. The number of aliphatic hydroxyl groups excluding tert-OH is 1. The van der Waals surface area contributed by atoms with Gasteiger partial charge in [0, 0.05) is 25.4 Å². The van der Waals surface area contributed by atoms with Crippen LogP contribution in [0.3, 0.4) is 0 Å². The molecule has 1 aromatic rings. The Morgan fingerprint density at radius 1 is 0.621 bits per heavy atom. The molecule has 0 bridgehead atoms. The van der Waals surface area contributed by atoms with Crippen LogP contribution < -0.4 is 49.1 Å². The summed E-state index contributed by atoms with van der Waals surface area (Å²) in [6.45, 7) is 1.15. The summed E-state index contributed by atoms with van der Waals surface area (Å²) >= 11 is 0. The molecular formula is C44H68N10O12. The van der Waals surface area contributed by atoms with Crippen molar-refractivity contribution in [3.05, 3.63) is 29.8 Å². The number of nitrogens with one attached hydrogen (secondary N) is 6. The minimum atomic E-state index is -1.70. The quantitative estimate of drug-likeness (QED) is 0.0644. The van der Waals surface area contributed by atoms with Gasteiger partial charge >= 0.3 is 0 Å². The largest absolute Gasteiger partial charge is 0.508 e. The van der Waals surface area contributed by atoms with Crippen molar-refractivity contribution in [2.24, 2.45) is 17.2 Å². The standard InChI is InChI=1S/C44H68N10O12/c1-2-3-4-5-6-7-8-9-10-12-29-39(61)48-27(21-26-14-16-28(56)17-15-26)22-38(60)49-31(23-36(46)58)40(62)51-30(18-19-35(45)57)44(66)54-20-11-13-34(54)43(65)52-32(24-37(47)59)41(63)53-33(25-55)42(64)50-29/h14-17,27,29-34,55-56H,2-13,18-25H2,1H3,(H2,45,57)(H2,46,58)(H2,47,59)(H,48,61)(H,49,60)(H,50,64)(H,51,62)(H,52,65)(H,53,63). The Morgan fingerprint density at radius 3 is 1.71 bits per heavy atom. The van der Waals surface area contributed by atoms with Crippen LogP contribution in [0.15, 0.2) is 24.3 Å². The number of amides is 10. The van der Waals surface area contributed by atoms with Crippen molar-refractivity contribution in [3.63, 3.8) is 0 Å². The topological polar surface area (TPSA) is 365 Å². The first kappa shape index (κ1) is 54.0. The number of aromatic hydroxyl groups is 1. The van der Waals surface area contributed by atoms with Crippen molar-refractivity contribution in [2.75, 3.05) is 13.2 Å². The monoisotopic (exact) mass is 929 g/mol. The van der Waals surface area contributed by atoms with Gasteiger partial charge < -0.3 is 64.2 Å². The Morgan fingerprint density at radius 2 is 1.14 bits per heavy atom. The minimum absolute atomic E-state index is 0.00614. The lowest BCUT2D eigenvalue weighted by molar-refractivity contribution is -0.143. The van der Waals surface area contributed by atoms with Gasteiger partial charge in [0.05, 0.1) is 19.4 Å². The molecule has 0 radical (unpaired) electrons. The first-order valence-corrected chi connectivity index (χ1v) is 22.8. The van der Waals surface area contributed by atoms with Gasteiger partial charge in [0.25, 0.3) is 0 Å². The second-order valence-electron chi connectivity index (χ2n) is 17.0. The highest BCUT2D eigenvalue weighted by Gasteiger charge is 2.40. The van der Waals surface area contributed by atoms with Crippen molar-refractivity contribution < 1.29 is 58.2 Å². The van der Waals surface area contributed by atoms with Crippen LogP contribution in [-0.4, -0.2) is 130 Å². The van der Waals surface area contributed by atoms with Gasteiger partial charge in [0.2, 0.25) is 59.1 Å². The molecule has 0 aromatic heterocycles. The fraction of sp³-hybridized carbons (Fsp3) is 0.636. The summed E-state index contributed by atoms with van der Waals surface area (Å²) in [7, 11) is 0. The lowest BCUT2D eigenvalue weighted by atomic mass is 10.00. The number of aliphatic hydroxyl groups is 1. The maximum atomic E-state index is 14.2. The van der Waals surface area contributed by atoms with E-state index in [1.165, 1.54) is 12.1 Å². The zero-order valence-corrected chi connectivity index (χ0v) is 37.6. The number of nitrogens with zero attached hydrogens (tertiary/aromatic N) is 1. The van der Waals surface area contributed by atoms with Gasteiger partial charge in [-0.25, -0.2) is 0 Å². The van der Waals surface area contributed by atoms with Crippen LogP contribution in [0.1, 0.15) is 122 Å². The van der Waals surface area contributed by atoms with Crippen molar-refractivity contribution in [3.8, 4) is 5.75 Å². The summed E-state index contributed by atoms with van der Waals surface area (Å²) in [4.78, 5) is 134. The molecule has 0 saturated carbocycles. The van der Waals surface area contributed by atoms with E-state index in [4.69, 9.17) is 17.2 Å². The molecule has 22 heteroatoms. The third kappa shape index (κ3) is 18.6. The van der Waals surface area contributed by atoms with Crippen LogP contribution in [0.25, 0.3) is 0 Å². The zero-order chi connectivity index (χ0) is 48.8. The van der Waals surface area contributed by atoms with Gasteiger partial charge in [-0.15, -0.1) is 0 Å². The summed E-state index contributed by atoms with van der Waals surface area (Å²) in [6, 6.07) is -4.24. The van der Waals surface area contributed by atoms with Crippen LogP contribution in [0.5, 0.6) is 5.75 Å². The molecular weight excluding hydrogens is 861 g/mol. The van der Waals surface area contributed by atoms with Crippen LogP contribution in [0.2, 0.25) is 0 Å². The number of benzene rings is 1. The molecule has 22 nitrogen and oxygen atoms in total. The molecule has 0 aliphatic carbocycles. The van der Waals surface area contributed by atoms with Gasteiger partial charge in [-0.2, -0.15) is 0 Å². The smallest absolute Gasteiger partial charge is 0.245 e. The maximum absolute atomic E-state index is 14.2. The molecule has 14 N–H and O–H groups in total. The lowest BCUT2D eigenvalue weighted by Gasteiger charge is -2.31. The van der Waals surface area contributed by atoms with Gasteiger partial charge in [0.1, 0.15) is 42.0 Å². The first-order valence-electron chi connectivity index (χ1n) is 22.8. The maximum Gasteiger partial charge on any atom is 0.245 e. The van der Waals surface area contributed by atoms with Crippen molar-refractivity contribution >= 4 is 59.1 Å². The fourth-order valence-electron chi connectivity index (χ4n) is 7.94. The Kier molecular flexibility index (Phi) is 22.8. The Balaban J connectivity index is 2.06. The highest BCUT2D eigenvalue weighted by atomic mass is 16.3. The predicted octanol–water partition coefficient (Wildman–Crippen LogP) is -1.83. The molecule has 366 valence electrons. The number of phenolic OH excluding ortho intramolecular Hbond substituents is 1. The van der Waals surface area contributed by atoms with E-state index in [-0.39, 0.29) is 44.4 Å². The third-order valence-electron chi connectivity index (χ3n) is 11.5.